The summed E-state index contributed by atoms with van der Waals surface area (Å²) in [6.07, 6.45) is 0. The van der Waals surface area contributed by atoms with Crippen molar-refractivity contribution in [3.8, 4) is 17.2 Å². The first-order chi connectivity index (χ1) is 16.1. The summed E-state index contributed by atoms with van der Waals surface area (Å²) >= 11 is 6.12. The van der Waals surface area contributed by atoms with Crippen molar-refractivity contribution in [1.82, 2.24) is 4.90 Å². The zero-order valence-electron chi connectivity index (χ0n) is 18.8. The number of anilines is 1. The zero-order chi connectivity index (χ0) is 23.2. The highest BCUT2D eigenvalue weighted by molar-refractivity contribution is 6.30. The second kappa shape index (κ2) is 10.5. The summed E-state index contributed by atoms with van der Waals surface area (Å²) in [7, 11) is 3.24. The molecule has 0 spiro atoms. The largest absolute Gasteiger partial charge is 0.497 e. The van der Waals surface area contributed by atoms with Gasteiger partial charge in [-0.05, 0) is 60.7 Å². The molecule has 3 aromatic rings. The molecule has 6 nitrogen and oxygen atoms in total. The Bertz CT molecular complexity index is 1100. The molecule has 1 aliphatic rings. The number of methoxy groups -OCH3 is 2. The lowest BCUT2D eigenvalue weighted by molar-refractivity contribution is 0.0746. The van der Waals surface area contributed by atoms with E-state index in [1.54, 1.807) is 20.3 Å². The van der Waals surface area contributed by atoms with Gasteiger partial charge in [0, 0.05) is 48.0 Å². The van der Waals surface area contributed by atoms with Gasteiger partial charge in [0.05, 0.1) is 14.2 Å². The maximum absolute atomic E-state index is 13.2. The number of hydrogen-bond donors (Lipinski definition) is 0. The average molecular weight is 467 g/mol. The van der Waals surface area contributed by atoms with Gasteiger partial charge in [-0.1, -0.05) is 17.7 Å². The smallest absolute Gasteiger partial charge is 0.253 e. The van der Waals surface area contributed by atoms with Crippen LogP contribution in [0.3, 0.4) is 0 Å². The first kappa shape index (κ1) is 22.8. The van der Waals surface area contributed by atoms with Crippen molar-refractivity contribution >= 4 is 23.2 Å². The SMILES string of the molecule is COc1ccc(OCc2cc(C(=O)N3CCN(c4cccc(Cl)c4)CC3)ccc2OC)cc1. The predicted octanol–water partition coefficient (Wildman–Crippen LogP) is 4.90. The number of piperazine rings is 1. The van der Waals surface area contributed by atoms with E-state index < -0.39 is 0 Å². The van der Waals surface area contributed by atoms with Gasteiger partial charge in [-0.15, -0.1) is 0 Å². The van der Waals surface area contributed by atoms with Crippen molar-refractivity contribution in [2.75, 3.05) is 45.3 Å². The van der Waals surface area contributed by atoms with Crippen LogP contribution in [0.15, 0.2) is 66.7 Å². The van der Waals surface area contributed by atoms with E-state index in [-0.39, 0.29) is 5.91 Å². The lowest BCUT2D eigenvalue weighted by atomic mass is 10.1. The van der Waals surface area contributed by atoms with Crippen LogP contribution in [0.1, 0.15) is 15.9 Å². The quantitative estimate of drug-likeness (QED) is 0.495. The van der Waals surface area contributed by atoms with Gasteiger partial charge < -0.3 is 24.0 Å². The average Bonchev–Trinajstić information content (AvgIpc) is 2.87. The van der Waals surface area contributed by atoms with Gasteiger partial charge >= 0.3 is 0 Å². The number of amides is 1. The molecule has 3 aromatic carbocycles. The second-order valence-electron chi connectivity index (χ2n) is 7.75. The van der Waals surface area contributed by atoms with Crippen molar-refractivity contribution < 1.29 is 19.0 Å². The Balaban J connectivity index is 1.41. The zero-order valence-corrected chi connectivity index (χ0v) is 19.5. The molecule has 1 saturated heterocycles. The van der Waals surface area contributed by atoms with E-state index in [4.69, 9.17) is 25.8 Å². The highest BCUT2D eigenvalue weighted by Crippen LogP contribution is 2.25. The van der Waals surface area contributed by atoms with E-state index in [2.05, 4.69) is 4.90 Å². The molecule has 4 rings (SSSR count). The lowest BCUT2D eigenvalue weighted by Crippen LogP contribution is -2.48. The molecule has 0 aromatic heterocycles. The minimum atomic E-state index is 0.00842. The van der Waals surface area contributed by atoms with Crippen molar-refractivity contribution in [3.63, 3.8) is 0 Å². The molecule has 1 heterocycles. The summed E-state index contributed by atoms with van der Waals surface area (Å²) in [6.45, 7) is 3.11. The van der Waals surface area contributed by atoms with Crippen molar-refractivity contribution in [3.05, 3.63) is 82.9 Å². The number of nitrogens with zero attached hydrogens (tertiary/aromatic N) is 2. The van der Waals surface area contributed by atoms with Crippen LogP contribution < -0.4 is 19.1 Å². The van der Waals surface area contributed by atoms with Crippen molar-refractivity contribution in [2.45, 2.75) is 6.61 Å². The van der Waals surface area contributed by atoms with Crippen LogP contribution in [0.5, 0.6) is 17.2 Å². The van der Waals surface area contributed by atoms with Crippen LogP contribution in [0.25, 0.3) is 0 Å². The molecule has 7 heteroatoms. The minimum Gasteiger partial charge on any atom is -0.497 e. The lowest BCUT2D eigenvalue weighted by Gasteiger charge is -2.36. The highest BCUT2D eigenvalue weighted by atomic mass is 35.5. The van der Waals surface area contributed by atoms with Crippen LogP contribution >= 0.6 is 11.6 Å². The molecule has 0 N–H and O–H groups in total. The fourth-order valence-electron chi connectivity index (χ4n) is 3.88. The number of halogens is 1. The molecular weight excluding hydrogens is 440 g/mol. The van der Waals surface area contributed by atoms with Gasteiger partial charge in [0.1, 0.15) is 23.9 Å². The fraction of sp³-hybridized carbons (Fsp3) is 0.269. The molecule has 0 radical (unpaired) electrons. The van der Waals surface area contributed by atoms with Gasteiger partial charge in [0.15, 0.2) is 0 Å². The van der Waals surface area contributed by atoms with Gasteiger partial charge in [0.2, 0.25) is 0 Å². The fourth-order valence-corrected chi connectivity index (χ4v) is 4.07. The number of hydrogen-bond acceptors (Lipinski definition) is 5. The number of benzene rings is 3. The molecule has 0 aliphatic carbocycles. The number of rotatable bonds is 7. The monoisotopic (exact) mass is 466 g/mol. The summed E-state index contributed by atoms with van der Waals surface area (Å²) in [4.78, 5) is 17.3. The highest BCUT2D eigenvalue weighted by Gasteiger charge is 2.23. The standard InChI is InChI=1S/C26H27ClN2O4/c1-31-23-7-9-24(10-8-23)33-18-20-16-19(6-11-25(20)32-2)26(30)29-14-12-28(13-15-29)22-5-3-4-21(27)17-22/h3-11,16-17H,12-15,18H2,1-2H3. The Labute approximate surface area is 199 Å². The first-order valence-corrected chi connectivity index (χ1v) is 11.2. The third-order valence-corrected chi connectivity index (χ3v) is 5.96. The molecule has 33 heavy (non-hydrogen) atoms. The molecule has 0 unspecified atom stereocenters. The Morgan fingerprint density at radius 2 is 1.61 bits per heavy atom. The van der Waals surface area contributed by atoms with E-state index in [0.29, 0.717) is 41.8 Å². The summed E-state index contributed by atoms with van der Waals surface area (Å²) in [5.41, 5.74) is 2.52. The van der Waals surface area contributed by atoms with Crippen LogP contribution in [0, 0.1) is 0 Å². The third-order valence-electron chi connectivity index (χ3n) is 5.72. The second-order valence-corrected chi connectivity index (χ2v) is 8.19. The van der Waals surface area contributed by atoms with Crippen LogP contribution in [-0.4, -0.2) is 51.2 Å². The number of carbonyl (C=O) groups excluding carboxylic acids is 1. The maximum Gasteiger partial charge on any atom is 0.253 e. The molecule has 1 amide bonds. The van der Waals surface area contributed by atoms with Crippen LogP contribution in [0.2, 0.25) is 5.02 Å². The van der Waals surface area contributed by atoms with Crippen molar-refractivity contribution in [2.24, 2.45) is 0 Å². The maximum atomic E-state index is 13.2. The summed E-state index contributed by atoms with van der Waals surface area (Å²) in [6, 6.07) is 20.7. The van der Waals surface area contributed by atoms with Crippen molar-refractivity contribution in [1.29, 1.82) is 0 Å². The Morgan fingerprint density at radius 3 is 2.27 bits per heavy atom. The molecule has 0 bridgehead atoms. The van der Waals surface area contributed by atoms with E-state index >= 15 is 0 Å². The molecule has 1 fully saturated rings. The van der Waals surface area contributed by atoms with Crippen LogP contribution in [-0.2, 0) is 6.61 Å². The molecule has 172 valence electrons. The molecule has 0 saturated carbocycles. The van der Waals surface area contributed by atoms with Gasteiger partial charge in [-0.2, -0.15) is 0 Å². The topological polar surface area (TPSA) is 51.2 Å². The van der Waals surface area contributed by atoms with Gasteiger partial charge in [0.25, 0.3) is 5.91 Å². The number of ether oxygens (including phenoxy) is 3. The first-order valence-electron chi connectivity index (χ1n) is 10.8. The molecular formula is C26H27ClN2O4. The summed E-state index contributed by atoms with van der Waals surface area (Å²) in [5.74, 6) is 2.18. The number of carbonyl (C=O) groups is 1. The summed E-state index contributed by atoms with van der Waals surface area (Å²) in [5, 5.41) is 0.716. The Hall–Kier alpha value is -3.38. The van der Waals surface area contributed by atoms with Gasteiger partial charge in [-0.3, -0.25) is 4.79 Å². The molecule has 1 aliphatic heterocycles. The summed E-state index contributed by atoms with van der Waals surface area (Å²) < 4.78 is 16.6. The predicted molar refractivity (Wildman–Crippen MR) is 130 cm³/mol. The Kier molecular flexibility index (Phi) is 7.25. The van der Waals surface area contributed by atoms with E-state index in [9.17, 15) is 4.79 Å². The van der Waals surface area contributed by atoms with E-state index in [0.717, 1.165) is 30.1 Å². The van der Waals surface area contributed by atoms with Gasteiger partial charge in [-0.25, -0.2) is 0 Å². The normalized spacial score (nSPS) is 13.5. The third kappa shape index (κ3) is 5.52. The van der Waals surface area contributed by atoms with E-state index in [1.165, 1.54) is 0 Å². The van der Waals surface area contributed by atoms with E-state index in [1.807, 2.05) is 65.6 Å². The minimum absolute atomic E-state index is 0.00842. The van der Waals surface area contributed by atoms with Crippen LogP contribution in [0.4, 0.5) is 5.69 Å². The Morgan fingerprint density at radius 1 is 0.879 bits per heavy atom. The molecule has 0 atom stereocenters.